The molecule has 0 aromatic heterocycles. The lowest BCUT2D eigenvalue weighted by atomic mass is 9.84. The van der Waals surface area contributed by atoms with E-state index >= 15 is 0 Å². The highest BCUT2D eigenvalue weighted by Crippen LogP contribution is 2.49. The Morgan fingerprint density at radius 3 is 1.00 bits per heavy atom. The lowest BCUT2D eigenvalue weighted by Gasteiger charge is -2.49. The quantitative estimate of drug-likeness (QED) is 0.0117. The third kappa shape index (κ3) is 38.1. The van der Waals surface area contributed by atoms with Crippen LogP contribution in [0.3, 0.4) is 0 Å². The Morgan fingerprint density at radius 1 is 0.357 bits per heavy atom. The number of phosphoric acid groups is 1. The van der Waals surface area contributed by atoms with E-state index in [1.165, 1.54) is 167 Å². The zero-order valence-electron chi connectivity index (χ0n) is 60.3. The van der Waals surface area contributed by atoms with Gasteiger partial charge in [0, 0.05) is 19.3 Å². The van der Waals surface area contributed by atoms with E-state index in [9.17, 15) is 74.9 Å². The van der Waals surface area contributed by atoms with E-state index in [-0.39, 0.29) is 19.3 Å². The highest BCUT2D eigenvalue weighted by atomic mass is 31.2. The van der Waals surface area contributed by atoms with Crippen LogP contribution in [0.2, 0.25) is 0 Å². The van der Waals surface area contributed by atoms with Gasteiger partial charge in [0.2, 0.25) is 0 Å². The summed E-state index contributed by atoms with van der Waals surface area (Å²) in [6, 6.07) is 0. The molecule has 3 rings (SSSR count). The van der Waals surface area contributed by atoms with Crippen LogP contribution in [0.4, 0.5) is 0 Å². The van der Waals surface area contributed by atoms with Gasteiger partial charge in [0.05, 0.1) is 13.2 Å². The van der Waals surface area contributed by atoms with Crippen LogP contribution in [0, 0.1) is 0 Å². The van der Waals surface area contributed by atoms with Gasteiger partial charge in [-0.25, -0.2) is 4.57 Å². The molecule has 3 fully saturated rings. The number of carbonyl (C=O) groups is 3. The number of rotatable bonds is 61. The second kappa shape index (κ2) is 55.4. The van der Waals surface area contributed by atoms with Gasteiger partial charge >= 0.3 is 25.7 Å². The van der Waals surface area contributed by atoms with E-state index in [2.05, 4.69) is 20.8 Å². The fourth-order valence-electron chi connectivity index (χ4n) is 13.1. The standard InChI is InChI=1S/C73H137O24P/c1-4-7-10-13-16-19-22-24-26-27-29-31-33-35-38-41-44-47-57(75)89-51-54(92-59(77)49-46-43-40-37-32-21-18-15-12-9-6-3)52-91-98(87,88)97-71-69(95-72-67(85)62(80)60(78)55(50-74)93-72)65(83)64(82)66(84)70(71)96-73-68(86)63(81)61(79)56(94-73)53-90-58(76)48-45-42-39-36-34-30-28-25-23-20-17-14-11-8-5-2/h54-56,60-74,78-86H,4-53H2,1-3H3,(H,87,88). The maximum Gasteiger partial charge on any atom is 0.472 e. The Labute approximate surface area is 587 Å². The second-order valence-electron chi connectivity index (χ2n) is 28.1. The summed E-state index contributed by atoms with van der Waals surface area (Å²) in [6.45, 7) is 3.47. The molecular formula is C73H137O24P. The van der Waals surface area contributed by atoms with E-state index in [0.29, 0.717) is 19.3 Å². The summed E-state index contributed by atoms with van der Waals surface area (Å²) >= 11 is 0. The first-order valence-corrected chi connectivity index (χ1v) is 40.3. The zero-order valence-corrected chi connectivity index (χ0v) is 61.2. The van der Waals surface area contributed by atoms with Crippen LogP contribution in [0.25, 0.3) is 0 Å². The molecule has 1 saturated carbocycles. The van der Waals surface area contributed by atoms with Gasteiger partial charge in [0.1, 0.15) is 98.7 Å². The summed E-state index contributed by atoms with van der Waals surface area (Å²) in [5.41, 5.74) is 0. The molecule has 11 N–H and O–H groups in total. The summed E-state index contributed by atoms with van der Waals surface area (Å²) in [5, 5.41) is 110. The molecular weight excluding hydrogens is 1290 g/mol. The highest BCUT2D eigenvalue weighted by Gasteiger charge is 2.58. The number of ether oxygens (including phenoxy) is 7. The minimum Gasteiger partial charge on any atom is -0.463 e. The molecule has 2 heterocycles. The SMILES string of the molecule is CCCCCCCCCCCCCCCCCCCC(=O)OCC(COP(=O)(O)OC1C(OC2OC(CO)C(O)C(O)C2O)C(O)C(O)C(O)C1OC1OC(COC(=O)CCCCCCCCCCCCCCCCC)C(O)C(O)C1O)OC(=O)CCCCCCCCCCCCC. The monoisotopic (exact) mass is 1430 g/mol. The van der Waals surface area contributed by atoms with Gasteiger partial charge in [-0.15, -0.1) is 0 Å². The molecule has 578 valence electrons. The summed E-state index contributed by atoms with van der Waals surface area (Å²) < 4.78 is 65.0. The fourth-order valence-corrected chi connectivity index (χ4v) is 14.0. The average Bonchev–Trinajstić information content (AvgIpc) is 0.758. The number of phosphoric ester groups is 1. The van der Waals surface area contributed by atoms with Crippen LogP contribution >= 0.6 is 7.82 Å². The minimum absolute atomic E-state index is 0.0339. The van der Waals surface area contributed by atoms with E-state index in [1.54, 1.807) is 0 Å². The molecule has 0 spiro atoms. The molecule has 0 amide bonds. The number of hydrogen-bond donors (Lipinski definition) is 11. The zero-order chi connectivity index (χ0) is 71.8. The molecule has 0 aromatic rings. The molecule has 1 aliphatic carbocycles. The van der Waals surface area contributed by atoms with E-state index in [0.717, 1.165) is 89.9 Å². The summed E-state index contributed by atoms with van der Waals surface area (Å²) in [5.74, 6) is -1.97. The van der Waals surface area contributed by atoms with E-state index < -0.39 is 156 Å². The average molecular weight is 1430 g/mol. The molecule has 2 saturated heterocycles. The van der Waals surface area contributed by atoms with E-state index in [4.69, 9.17) is 42.2 Å². The number of hydrogen-bond acceptors (Lipinski definition) is 23. The normalized spacial score (nSPS) is 27.6. The van der Waals surface area contributed by atoms with Crippen molar-refractivity contribution in [1.82, 2.24) is 0 Å². The highest BCUT2D eigenvalue weighted by molar-refractivity contribution is 7.47. The van der Waals surface area contributed by atoms with Crippen molar-refractivity contribution in [3.8, 4) is 0 Å². The van der Waals surface area contributed by atoms with Crippen molar-refractivity contribution in [2.75, 3.05) is 26.4 Å². The van der Waals surface area contributed by atoms with Crippen molar-refractivity contribution in [3.63, 3.8) is 0 Å². The molecule has 24 nitrogen and oxygen atoms in total. The van der Waals surface area contributed by atoms with Gasteiger partial charge in [-0.1, -0.05) is 278 Å². The second-order valence-corrected chi connectivity index (χ2v) is 29.5. The Bertz CT molecular complexity index is 2030. The van der Waals surface area contributed by atoms with E-state index in [1.807, 2.05) is 0 Å². The third-order valence-corrected chi connectivity index (χ3v) is 20.4. The van der Waals surface area contributed by atoms with Gasteiger partial charge in [-0.3, -0.25) is 23.4 Å². The van der Waals surface area contributed by atoms with Crippen LogP contribution < -0.4 is 0 Å². The van der Waals surface area contributed by atoms with Gasteiger partial charge in [-0.05, 0) is 19.3 Å². The molecule has 3 aliphatic rings. The topological polar surface area (TPSA) is 374 Å². The molecule has 0 bridgehead atoms. The number of aliphatic hydroxyl groups excluding tert-OH is 10. The molecule has 18 atom stereocenters. The predicted molar refractivity (Wildman–Crippen MR) is 370 cm³/mol. The number of carbonyl (C=O) groups excluding carboxylic acids is 3. The minimum atomic E-state index is -5.69. The molecule has 18 unspecified atom stereocenters. The lowest BCUT2D eigenvalue weighted by molar-refractivity contribution is -0.360. The predicted octanol–water partition coefficient (Wildman–Crippen LogP) is 11.0. The van der Waals surface area contributed by atoms with Crippen molar-refractivity contribution in [3.05, 3.63) is 0 Å². The summed E-state index contributed by atoms with van der Waals surface area (Å²) in [4.78, 5) is 51.0. The first-order chi connectivity index (χ1) is 47.3. The maximum atomic E-state index is 14.3. The molecule has 0 aromatic carbocycles. The smallest absolute Gasteiger partial charge is 0.463 e. The first-order valence-electron chi connectivity index (χ1n) is 38.8. The largest absolute Gasteiger partial charge is 0.472 e. The van der Waals surface area contributed by atoms with Crippen molar-refractivity contribution in [1.29, 1.82) is 0 Å². The maximum absolute atomic E-state index is 14.3. The molecule has 2 aliphatic heterocycles. The van der Waals surface area contributed by atoms with Gasteiger partial charge in [0.25, 0.3) is 0 Å². The molecule has 25 heteroatoms. The number of unbranched alkanes of at least 4 members (excludes halogenated alkanes) is 40. The number of aliphatic hydroxyl groups is 10. The van der Waals surface area contributed by atoms with Gasteiger partial charge in [-0.2, -0.15) is 0 Å². The first kappa shape index (κ1) is 90.2. The Kier molecular flexibility index (Phi) is 51.0. The van der Waals surface area contributed by atoms with Crippen molar-refractivity contribution >= 4 is 25.7 Å². The lowest BCUT2D eigenvalue weighted by Crippen LogP contribution is -2.69. The van der Waals surface area contributed by atoms with Gasteiger partial charge < -0.3 is 89.1 Å². The van der Waals surface area contributed by atoms with Crippen LogP contribution in [-0.4, -0.2) is 204 Å². The van der Waals surface area contributed by atoms with Crippen molar-refractivity contribution < 1.29 is 117 Å². The van der Waals surface area contributed by atoms with Crippen molar-refractivity contribution in [2.45, 2.75) is 420 Å². The van der Waals surface area contributed by atoms with Crippen LogP contribution in [0.5, 0.6) is 0 Å². The Morgan fingerprint density at radius 2 is 0.653 bits per heavy atom. The third-order valence-electron chi connectivity index (χ3n) is 19.4. The molecule has 98 heavy (non-hydrogen) atoms. The number of esters is 3. The molecule has 0 radical (unpaired) electrons. The summed E-state index contributed by atoms with van der Waals surface area (Å²) in [7, 11) is -5.69. The Hall–Kier alpha value is -2.04. The van der Waals surface area contributed by atoms with Crippen LogP contribution in [-0.2, 0) is 61.2 Å². The fraction of sp³-hybridized carbons (Fsp3) is 0.959. The van der Waals surface area contributed by atoms with Crippen LogP contribution in [0.15, 0.2) is 0 Å². The van der Waals surface area contributed by atoms with Gasteiger partial charge in [0.15, 0.2) is 18.7 Å². The summed E-state index contributed by atoms with van der Waals surface area (Å²) in [6.07, 6.45) is 13.1. The van der Waals surface area contributed by atoms with Crippen molar-refractivity contribution in [2.24, 2.45) is 0 Å². The van der Waals surface area contributed by atoms with Crippen LogP contribution in [0.1, 0.15) is 316 Å². The Balaban J connectivity index is 1.70.